The van der Waals surface area contributed by atoms with Gasteiger partial charge in [0.05, 0.1) is 0 Å². The van der Waals surface area contributed by atoms with Crippen LogP contribution in [0, 0.1) is 6.92 Å². The van der Waals surface area contributed by atoms with Gasteiger partial charge in [0, 0.05) is 35.5 Å². The first-order valence-corrected chi connectivity index (χ1v) is 10.9. The zero-order chi connectivity index (χ0) is 21.1. The molecular formula is C23H24N4O2S. The second-order valence-corrected chi connectivity index (χ2v) is 8.18. The van der Waals surface area contributed by atoms with Gasteiger partial charge in [0.1, 0.15) is 12.4 Å². The third kappa shape index (κ3) is 4.41. The molecule has 0 spiro atoms. The molecule has 4 rings (SSSR count). The minimum Gasteiger partial charge on any atom is -0.486 e. The van der Waals surface area contributed by atoms with Crippen molar-refractivity contribution in [1.82, 2.24) is 19.7 Å². The lowest BCUT2D eigenvalue weighted by molar-refractivity contribution is 0.290. The highest BCUT2D eigenvalue weighted by molar-refractivity contribution is 7.98. The number of pyridine rings is 1. The topological polar surface area (TPSA) is 72.8 Å². The zero-order valence-corrected chi connectivity index (χ0v) is 18.1. The number of hydrogen-bond donors (Lipinski definition) is 1. The van der Waals surface area contributed by atoms with Crippen LogP contribution in [0.5, 0.6) is 5.75 Å². The third-order valence-electron chi connectivity index (χ3n) is 5.03. The molecule has 0 saturated carbocycles. The summed E-state index contributed by atoms with van der Waals surface area (Å²) in [4.78, 5) is 15.9. The van der Waals surface area contributed by atoms with Crippen LogP contribution in [-0.2, 0) is 25.8 Å². The van der Waals surface area contributed by atoms with Crippen molar-refractivity contribution >= 4 is 22.7 Å². The van der Waals surface area contributed by atoms with Crippen LogP contribution in [-0.4, -0.2) is 19.7 Å². The molecule has 0 aliphatic carbocycles. The van der Waals surface area contributed by atoms with Gasteiger partial charge in [-0.15, -0.1) is 10.2 Å². The van der Waals surface area contributed by atoms with E-state index in [4.69, 9.17) is 4.74 Å². The summed E-state index contributed by atoms with van der Waals surface area (Å²) in [6, 6.07) is 15.6. The van der Waals surface area contributed by atoms with Crippen molar-refractivity contribution < 1.29 is 4.74 Å². The lowest BCUT2D eigenvalue weighted by Crippen LogP contribution is -2.06. The van der Waals surface area contributed by atoms with Crippen molar-refractivity contribution in [2.45, 2.75) is 37.8 Å². The SMILES string of the molecule is CCc1ccc2[nH]c(CSc3nnc(COc4ccc(C)cc4)n3C)cc(=O)c2c1. The number of hydrogen-bond acceptors (Lipinski definition) is 5. The summed E-state index contributed by atoms with van der Waals surface area (Å²) in [5, 5.41) is 10.0. The largest absolute Gasteiger partial charge is 0.486 e. The second-order valence-electron chi connectivity index (χ2n) is 7.24. The van der Waals surface area contributed by atoms with E-state index in [0.29, 0.717) is 12.4 Å². The van der Waals surface area contributed by atoms with Gasteiger partial charge in [-0.3, -0.25) is 4.79 Å². The number of nitrogens with one attached hydrogen (secondary N) is 1. The molecule has 6 nitrogen and oxygen atoms in total. The monoisotopic (exact) mass is 420 g/mol. The molecule has 0 bridgehead atoms. The molecule has 4 aromatic rings. The molecule has 2 heterocycles. The summed E-state index contributed by atoms with van der Waals surface area (Å²) in [6.45, 7) is 4.47. The Kier molecular flexibility index (Phi) is 5.90. The van der Waals surface area contributed by atoms with Crippen LogP contribution in [0.4, 0.5) is 0 Å². The number of aryl methyl sites for hydroxylation is 2. The van der Waals surface area contributed by atoms with Crippen LogP contribution >= 0.6 is 11.8 Å². The number of nitrogens with zero attached hydrogens (tertiary/aromatic N) is 3. The van der Waals surface area contributed by atoms with E-state index >= 15 is 0 Å². The van der Waals surface area contributed by atoms with E-state index in [0.717, 1.165) is 45.3 Å². The van der Waals surface area contributed by atoms with Crippen molar-refractivity contribution in [1.29, 1.82) is 0 Å². The average Bonchev–Trinajstić information content (AvgIpc) is 3.11. The molecule has 0 aliphatic rings. The predicted molar refractivity (Wildman–Crippen MR) is 120 cm³/mol. The number of H-pyrrole nitrogens is 1. The molecule has 2 aromatic heterocycles. The Morgan fingerprint density at radius 1 is 1.10 bits per heavy atom. The van der Waals surface area contributed by atoms with E-state index in [1.165, 1.54) is 17.3 Å². The van der Waals surface area contributed by atoms with Gasteiger partial charge in [0.15, 0.2) is 16.4 Å². The van der Waals surface area contributed by atoms with Crippen LogP contribution in [0.15, 0.2) is 58.5 Å². The van der Waals surface area contributed by atoms with Crippen LogP contribution in [0.2, 0.25) is 0 Å². The van der Waals surface area contributed by atoms with Crippen LogP contribution in [0.3, 0.4) is 0 Å². The fourth-order valence-corrected chi connectivity index (χ4v) is 4.01. The molecule has 0 aliphatic heterocycles. The summed E-state index contributed by atoms with van der Waals surface area (Å²) in [5.74, 6) is 2.15. The maximum Gasteiger partial charge on any atom is 0.191 e. The number of thioether (sulfide) groups is 1. The van der Waals surface area contributed by atoms with E-state index in [2.05, 4.69) is 28.2 Å². The van der Waals surface area contributed by atoms with Crippen LogP contribution < -0.4 is 10.2 Å². The molecule has 30 heavy (non-hydrogen) atoms. The number of aromatic amines is 1. The number of rotatable bonds is 7. The van der Waals surface area contributed by atoms with Crippen molar-refractivity contribution in [2.24, 2.45) is 7.05 Å². The van der Waals surface area contributed by atoms with E-state index in [1.807, 2.05) is 54.9 Å². The van der Waals surface area contributed by atoms with Gasteiger partial charge in [-0.25, -0.2) is 0 Å². The first-order valence-electron chi connectivity index (χ1n) is 9.89. The Bertz CT molecular complexity index is 1230. The maximum atomic E-state index is 12.5. The van der Waals surface area contributed by atoms with Gasteiger partial charge >= 0.3 is 0 Å². The second kappa shape index (κ2) is 8.75. The molecule has 7 heteroatoms. The molecule has 2 aromatic carbocycles. The van der Waals surface area contributed by atoms with E-state index in [1.54, 1.807) is 6.07 Å². The molecule has 0 atom stereocenters. The fraction of sp³-hybridized carbons (Fsp3) is 0.261. The number of fused-ring (bicyclic) bond motifs is 1. The third-order valence-corrected chi connectivity index (χ3v) is 6.10. The van der Waals surface area contributed by atoms with E-state index < -0.39 is 0 Å². The molecule has 0 saturated heterocycles. The Morgan fingerprint density at radius 2 is 1.90 bits per heavy atom. The van der Waals surface area contributed by atoms with Gasteiger partial charge < -0.3 is 14.3 Å². The van der Waals surface area contributed by atoms with Crippen molar-refractivity contribution in [2.75, 3.05) is 0 Å². The summed E-state index contributed by atoms with van der Waals surface area (Å²) in [7, 11) is 1.92. The van der Waals surface area contributed by atoms with Gasteiger partial charge in [-0.2, -0.15) is 0 Å². The highest BCUT2D eigenvalue weighted by Crippen LogP contribution is 2.22. The highest BCUT2D eigenvalue weighted by atomic mass is 32.2. The molecule has 0 fully saturated rings. The number of ether oxygens (including phenoxy) is 1. The van der Waals surface area contributed by atoms with Gasteiger partial charge in [-0.05, 0) is 43.2 Å². The quantitative estimate of drug-likeness (QED) is 0.449. The summed E-state index contributed by atoms with van der Waals surface area (Å²) < 4.78 is 7.73. The van der Waals surface area contributed by atoms with Gasteiger partial charge in [0.25, 0.3) is 0 Å². The normalized spacial score (nSPS) is 11.2. The summed E-state index contributed by atoms with van der Waals surface area (Å²) >= 11 is 1.53. The lowest BCUT2D eigenvalue weighted by Gasteiger charge is -2.07. The average molecular weight is 421 g/mol. The van der Waals surface area contributed by atoms with Crippen molar-refractivity contribution in [3.8, 4) is 5.75 Å². The lowest BCUT2D eigenvalue weighted by atomic mass is 10.1. The molecule has 0 radical (unpaired) electrons. The smallest absolute Gasteiger partial charge is 0.191 e. The van der Waals surface area contributed by atoms with Crippen molar-refractivity contribution in [3.05, 3.63) is 81.4 Å². The summed E-state index contributed by atoms with van der Waals surface area (Å²) in [5.41, 5.74) is 4.12. The number of aromatic nitrogens is 4. The Morgan fingerprint density at radius 3 is 2.67 bits per heavy atom. The summed E-state index contributed by atoms with van der Waals surface area (Å²) in [6.07, 6.45) is 0.912. The first kappa shape index (κ1) is 20.2. The highest BCUT2D eigenvalue weighted by Gasteiger charge is 2.11. The van der Waals surface area contributed by atoms with Gasteiger partial charge in [0.2, 0.25) is 0 Å². The maximum absolute atomic E-state index is 12.5. The molecule has 154 valence electrons. The van der Waals surface area contributed by atoms with E-state index in [9.17, 15) is 4.79 Å². The van der Waals surface area contributed by atoms with Crippen LogP contribution in [0.1, 0.15) is 29.6 Å². The zero-order valence-electron chi connectivity index (χ0n) is 17.3. The molecule has 0 unspecified atom stereocenters. The Hall–Kier alpha value is -3.06. The molecule has 1 N–H and O–H groups in total. The molecule has 0 amide bonds. The number of benzene rings is 2. The minimum absolute atomic E-state index is 0.0415. The fourth-order valence-electron chi connectivity index (χ4n) is 3.17. The van der Waals surface area contributed by atoms with Crippen LogP contribution in [0.25, 0.3) is 10.9 Å². The minimum atomic E-state index is 0.0415. The Labute approximate surface area is 179 Å². The first-order chi connectivity index (χ1) is 14.5. The van der Waals surface area contributed by atoms with Crippen molar-refractivity contribution in [3.63, 3.8) is 0 Å². The predicted octanol–water partition coefficient (Wildman–Crippen LogP) is 4.40. The Balaban J connectivity index is 1.44. The molecular weight excluding hydrogens is 396 g/mol. The standard InChI is InChI=1S/C23H24N4O2S/c1-4-16-7-10-20-19(11-16)21(28)12-17(24-20)14-30-23-26-25-22(27(23)3)13-29-18-8-5-15(2)6-9-18/h5-12H,4,13-14H2,1-3H3,(H,24,28). The van der Waals surface area contributed by atoms with Gasteiger partial charge in [-0.1, -0.05) is 42.4 Å². The van der Waals surface area contributed by atoms with E-state index in [-0.39, 0.29) is 5.43 Å².